The van der Waals surface area contributed by atoms with Crippen LogP contribution < -0.4 is 5.32 Å². The van der Waals surface area contributed by atoms with Crippen LogP contribution in [0.2, 0.25) is 0 Å². The van der Waals surface area contributed by atoms with E-state index in [-0.39, 0.29) is 28.9 Å². The summed E-state index contributed by atoms with van der Waals surface area (Å²) in [5.74, 6) is -3.12. The second-order valence-electron chi connectivity index (χ2n) is 6.89. The molecule has 1 aliphatic rings. The third-order valence-electron chi connectivity index (χ3n) is 4.72. The van der Waals surface area contributed by atoms with E-state index in [4.69, 9.17) is 9.47 Å². The van der Waals surface area contributed by atoms with Crippen LogP contribution in [0.4, 0.5) is 10.1 Å². The minimum absolute atomic E-state index is 0.0178. The molecule has 0 unspecified atom stereocenters. The number of rotatable bonds is 8. The number of halogens is 1. The Balaban J connectivity index is 1.67. The summed E-state index contributed by atoms with van der Waals surface area (Å²) < 4.78 is 23.7. The predicted octanol–water partition coefficient (Wildman–Crippen LogP) is 2.64. The largest absolute Gasteiger partial charge is 0.449 e. The number of anilines is 1. The zero-order valence-electron chi connectivity index (χ0n) is 17.0. The number of hydrogen-bond donors (Lipinski definition) is 1. The predicted molar refractivity (Wildman–Crippen MR) is 108 cm³/mol. The van der Waals surface area contributed by atoms with E-state index in [1.807, 2.05) is 0 Å². The first-order valence-electron chi connectivity index (χ1n) is 9.59. The summed E-state index contributed by atoms with van der Waals surface area (Å²) in [6, 6.07) is 9.61. The van der Waals surface area contributed by atoms with Gasteiger partial charge in [-0.1, -0.05) is 12.1 Å². The van der Waals surface area contributed by atoms with Crippen molar-refractivity contribution in [3.63, 3.8) is 0 Å². The molecule has 1 heterocycles. The smallest absolute Gasteiger partial charge is 0.338 e. The van der Waals surface area contributed by atoms with Crippen LogP contribution in [0.5, 0.6) is 0 Å². The zero-order valence-corrected chi connectivity index (χ0v) is 17.0. The lowest BCUT2D eigenvalue weighted by atomic mass is 10.1. The van der Waals surface area contributed by atoms with Gasteiger partial charge in [-0.05, 0) is 43.7 Å². The highest BCUT2D eigenvalue weighted by Gasteiger charge is 2.36. The number of carbonyl (C=O) groups is 4. The second-order valence-corrected chi connectivity index (χ2v) is 6.89. The molecule has 0 bridgehead atoms. The van der Waals surface area contributed by atoms with Crippen molar-refractivity contribution in [2.45, 2.75) is 19.4 Å². The van der Waals surface area contributed by atoms with Crippen molar-refractivity contribution in [1.29, 1.82) is 0 Å². The van der Waals surface area contributed by atoms with Gasteiger partial charge in [0.2, 0.25) is 0 Å². The molecule has 2 aromatic carbocycles. The summed E-state index contributed by atoms with van der Waals surface area (Å²) in [5.41, 5.74) is 0.277. The molecule has 3 amide bonds. The zero-order chi connectivity index (χ0) is 22.5. The van der Waals surface area contributed by atoms with Crippen molar-refractivity contribution in [2.75, 3.05) is 25.6 Å². The molecule has 1 atom stereocenters. The van der Waals surface area contributed by atoms with Gasteiger partial charge in [0, 0.05) is 20.3 Å². The van der Waals surface area contributed by atoms with E-state index in [1.165, 1.54) is 50.4 Å². The minimum atomic E-state index is -1.22. The van der Waals surface area contributed by atoms with Crippen LogP contribution >= 0.6 is 0 Å². The first kappa shape index (κ1) is 22.1. The summed E-state index contributed by atoms with van der Waals surface area (Å²) in [4.78, 5) is 50.7. The average molecular weight is 428 g/mol. The Morgan fingerprint density at radius 2 is 1.81 bits per heavy atom. The van der Waals surface area contributed by atoms with Gasteiger partial charge in [-0.25, -0.2) is 9.18 Å². The van der Waals surface area contributed by atoms with Crippen LogP contribution in [0.25, 0.3) is 0 Å². The molecule has 1 N–H and O–H groups in total. The van der Waals surface area contributed by atoms with E-state index < -0.39 is 35.6 Å². The van der Waals surface area contributed by atoms with Gasteiger partial charge in [0.1, 0.15) is 5.82 Å². The molecular formula is C22H21FN2O6. The number of ether oxygens (including phenoxy) is 2. The van der Waals surface area contributed by atoms with Gasteiger partial charge >= 0.3 is 5.97 Å². The van der Waals surface area contributed by atoms with Crippen molar-refractivity contribution in [3.8, 4) is 0 Å². The fourth-order valence-electron chi connectivity index (χ4n) is 3.07. The van der Waals surface area contributed by atoms with Crippen molar-refractivity contribution in [3.05, 3.63) is 65.0 Å². The molecule has 1 aliphatic heterocycles. The van der Waals surface area contributed by atoms with Gasteiger partial charge in [-0.2, -0.15) is 0 Å². The van der Waals surface area contributed by atoms with Crippen molar-refractivity contribution >= 4 is 29.4 Å². The third kappa shape index (κ3) is 4.77. The Hall–Kier alpha value is -3.59. The highest BCUT2D eigenvalue weighted by atomic mass is 19.1. The quantitative estimate of drug-likeness (QED) is 0.394. The van der Waals surface area contributed by atoms with E-state index in [0.717, 1.165) is 4.90 Å². The van der Waals surface area contributed by atoms with E-state index >= 15 is 0 Å². The summed E-state index contributed by atoms with van der Waals surface area (Å²) in [7, 11) is 1.53. The molecule has 31 heavy (non-hydrogen) atoms. The van der Waals surface area contributed by atoms with Gasteiger partial charge in [-0.3, -0.25) is 19.3 Å². The number of carbonyl (C=O) groups excluding carboxylic acids is 4. The Labute approximate surface area is 177 Å². The number of imide groups is 1. The minimum Gasteiger partial charge on any atom is -0.449 e. The lowest BCUT2D eigenvalue weighted by Gasteiger charge is -2.14. The normalized spacial score (nSPS) is 13.7. The van der Waals surface area contributed by atoms with E-state index in [1.54, 1.807) is 6.07 Å². The van der Waals surface area contributed by atoms with Gasteiger partial charge in [0.15, 0.2) is 6.10 Å². The van der Waals surface area contributed by atoms with Crippen LogP contribution in [0.15, 0.2) is 42.5 Å². The van der Waals surface area contributed by atoms with E-state index in [9.17, 15) is 23.6 Å². The fraction of sp³-hybridized carbons (Fsp3) is 0.273. The van der Waals surface area contributed by atoms with Crippen LogP contribution in [-0.2, 0) is 14.3 Å². The first-order valence-corrected chi connectivity index (χ1v) is 9.59. The standard InChI is InChI=1S/C22H21FN2O6/c1-13(19(26)24-18-7-4-3-6-17(18)23)31-22(29)14-8-9-15-16(12-14)21(28)25(20(15)27)10-5-11-30-2/h3-4,6-9,12-13H,5,10-11H2,1-2H3,(H,24,26)/t13-/m0/s1. The Morgan fingerprint density at radius 3 is 2.52 bits per heavy atom. The number of hydrogen-bond acceptors (Lipinski definition) is 6. The topological polar surface area (TPSA) is 102 Å². The molecule has 2 aromatic rings. The maximum absolute atomic E-state index is 13.7. The lowest BCUT2D eigenvalue weighted by Crippen LogP contribution is -2.31. The highest BCUT2D eigenvalue weighted by Crippen LogP contribution is 2.25. The number of para-hydroxylation sites is 1. The molecule has 9 heteroatoms. The first-order chi connectivity index (χ1) is 14.8. The van der Waals surface area contributed by atoms with Gasteiger partial charge in [0.25, 0.3) is 17.7 Å². The maximum atomic E-state index is 13.7. The molecule has 0 saturated carbocycles. The van der Waals surface area contributed by atoms with E-state index in [0.29, 0.717) is 13.0 Å². The molecule has 3 rings (SSSR count). The fourth-order valence-corrected chi connectivity index (χ4v) is 3.07. The number of benzene rings is 2. The molecule has 0 aliphatic carbocycles. The third-order valence-corrected chi connectivity index (χ3v) is 4.72. The van der Waals surface area contributed by atoms with Crippen LogP contribution in [0.1, 0.15) is 44.4 Å². The maximum Gasteiger partial charge on any atom is 0.338 e. The summed E-state index contributed by atoms with van der Waals surface area (Å²) in [6.07, 6.45) is -0.728. The molecular weight excluding hydrogens is 407 g/mol. The monoisotopic (exact) mass is 428 g/mol. The van der Waals surface area contributed by atoms with Gasteiger partial charge in [-0.15, -0.1) is 0 Å². The summed E-state index contributed by atoms with van der Waals surface area (Å²) in [5, 5.41) is 2.34. The molecule has 162 valence electrons. The summed E-state index contributed by atoms with van der Waals surface area (Å²) in [6.45, 7) is 1.94. The van der Waals surface area contributed by atoms with Crippen LogP contribution in [-0.4, -0.2) is 55.0 Å². The number of amides is 3. The van der Waals surface area contributed by atoms with Crippen molar-refractivity contribution < 1.29 is 33.0 Å². The van der Waals surface area contributed by atoms with Crippen molar-refractivity contribution in [1.82, 2.24) is 4.90 Å². The molecule has 8 nitrogen and oxygen atoms in total. The number of fused-ring (bicyclic) bond motifs is 1. The Morgan fingerprint density at radius 1 is 1.10 bits per heavy atom. The van der Waals surface area contributed by atoms with Gasteiger partial charge in [0.05, 0.1) is 22.4 Å². The Bertz CT molecular complexity index is 1040. The van der Waals surface area contributed by atoms with E-state index in [2.05, 4.69) is 5.32 Å². The number of nitrogens with one attached hydrogen (secondary N) is 1. The molecule has 0 fully saturated rings. The van der Waals surface area contributed by atoms with Crippen molar-refractivity contribution in [2.24, 2.45) is 0 Å². The van der Waals surface area contributed by atoms with Crippen LogP contribution in [0.3, 0.4) is 0 Å². The Kier molecular flexibility index (Phi) is 6.76. The second kappa shape index (κ2) is 9.48. The number of esters is 1. The van der Waals surface area contributed by atoms with Gasteiger partial charge < -0.3 is 14.8 Å². The number of nitrogens with zero attached hydrogens (tertiary/aromatic N) is 1. The average Bonchev–Trinajstić information content (AvgIpc) is 2.99. The number of methoxy groups -OCH3 is 1. The molecule has 0 aromatic heterocycles. The summed E-state index contributed by atoms with van der Waals surface area (Å²) >= 11 is 0. The lowest BCUT2D eigenvalue weighted by molar-refractivity contribution is -0.123. The molecule has 0 spiro atoms. The van der Waals surface area contributed by atoms with Crippen LogP contribution in [0, 0.1) is 5.82 Å². The highest BCUT2D eigenvalue weighted by molar-refractivity contribution is 6.22. The molecule has 0 saturated heterocycles. The molecule has 0 radical (unpaired) electrons. The SMILES string of the molecule is COCCCN1C(=O)c2ccc(C(=O)O[C@@H](C)C(=O)Nc3ccccc3F)cc2C1=O.